The van der Waals surface area contributed by atoms with E-state index < -0.39 is 11.7 Å². The maximum atomic E-state index is 14.9. The molecule has 2 aromatic carbocycles. The second kappa shape index (κ2) is 10.4. The predicted molar refractivity (Wildman–Crippen MR) is 125 cm³/mol. The zero-order valence-electron chi connectivity index (χ0n) is 18.6. The molecular formula is C26H24F2N4O2. The number of halogens is 2. The third kappa shape index (κ3) is 5.35. The van der Waals surface area contributed by atoms with Gasteiger partial charge in [-0.25, -0.2) is 8.78 Å². The minimum atomic E-state index is -0.583. The second-order valence-corrected chi connectivity index (χ2v) is 8.05. The molecule has 4 rings (SSSR count). The maximum Gasteiger partial charge on any atom is 0.252 e. The number of amides is 1. The molecule has 0 aliphatic rings. The van der Waals surface area contributed by atoms with Crippen molar-refractivity contribution in [3.8, 4) is 22.5 Å². The summed E-state index contributed by atoms with van der Waals surface area (Å²) in [5.74, 6) is -1.43. The van der Waals surface area contributed by atoms with Crippen molar-refractivity contribution in [1.82, 2.24) is 20.5 Å². The Morgan fingerprint density at radius 1 is 1.12 bits per heavy atom. The van der Waals surface area contributed by atoms with Crippen molar-refractivity contribution in [3.63, 3.8) is 0 Å². The van der Waals surface area contributed by atoms with Crippen molar-refractivity contribution >= 4 is 5.91 Å². The summed E-state index contributed by atoms with van der Waals surface area (Å²) in [5.41, 5.74) is 3.48. The standard InChI is InChI=1S/C26H24F2N4O2/c1-16-5-10-19(29-15-16)13-20(11-12-33)30-26(34)21-3-2-4-22(28)25(21)24-14-23(31-32-24)17-6-8-18(27)9-7-17/h2-10,14-15,20,33H,11-13H2,1H3,(H,30,34)(H,31,32)/t20-/m0/s1. The third-order valence-corrected chi connectivity index (χ3v) is 5.49. The zero-order chi connectivity index (χ0) is 24.1. The largest absolute Gasteiger partial charge is 0.396 e. The highest BCUT2D eigenvalue weighted by atomic mass is 19.1. The van der Waals surface area contributed by atoms with Crippen LogP contribution in [-0.2, 0) is 6.42 Å². The third-order valence-electron chi connectivity index (χ3n) is 5.49. The van der Waals surface area contributed by atoms with Crippen LogP contribution >= 0.6 is 0 Å². The molecule has 0 radical (unpaired) electrons. The number of rotatable bonds is 8. The number of carbonyl (C=O) groups is 1. The van der Waals surface area contributed by atoms with Gasteiger partial charge in [0.05, 0.1) is 17.0 Å². The number of hydrogen-bond acceptors (Lipinski definition) is 4. The Balaban J connectivity index is 1.60. The molecule has 8 heteroatoms. The average Bonchev–Trinajstić information content (AvgIpc) is 3.30. The number of H-pyrrole nitrogens is 1. The molecule has 1 atom stereocenters. The molecule has 34 heavy (non-hydrogen) atoms. The lowest BCUT2D eigenvalue weighted by Gasteiger charge is -2.19. The van der Waals surface area contributed by atoms with Crippen molar-refractivity contribution in [2.45, 2.75) is 25.8 Å². The fourth-order valence-electron chi connectivity index (χ4n) is 3.72. The van der Waals surface area contributed by atoms with Crippen LogP contribution in [0.4, 0.5) is 8.78 Å². The van der Waals surface area contributed by atoms with Gasteiger partial charge >= 0.3 is 0 Å². The van der Waals surface area contributed by atoms with E-state index in [4.69, 9.17) is 0 Å². The Morgan fingerprint density at radius 2 is 1.91 bits per heavy atom. The van der Waals surface area contributed by atoms with E-state index in [0.717, 1.165) is 11.3 Å². The van der Waals surface area contributed by atoms with E-state index in [-0.39, 0.29) is 29.6 Å². The fraction of sp³-hybridized carbons (Fsp3) is 0.192. The minimum Gasteiger partial charge on any atom is -0.396 e. The van der Waals surface area contributed by atoms with Crippen LogP contribution in [0.5, 0.6) is 0 Å². The lowest BCUT2D eigenvalue weighted by molar-refractivity contribution is 0.0930. The molecule has 174 valence electrons. The monoisotopic (exact) mass is 462 g/mol. The van der Waals surface area contributed by atoms with Gasteiger partial charge in [-0.3, -0.25) is 14.9 Å². The minimum absolute atomic E-state index is 0.0806. The van der Waals surface area contributed by atoms with Gasteiger partial charge in [-0.1, -0.05) is 12.1 Å². The molecule has 0 saturated heterocycles. The zero-order valence-corrected chi connectivity index (χ0v) is 18.6. The van der Waals surface area contributed by atoms with Gasteiger partial charge in [-0.15, -0.1) is 0 Å². The van der Waals surface area contributed by atoms with Crippen molar-refractivity contribution in [1.29, 1.82) is 0 Å². The highest BCUT2D eigenvalue weighted by Crippen LogP contribution is 2.29. The lowest BCUT2D eigenvalue weighted by Crippen LogP contribution is -2.37. The van der Waals surface area contributed by atoms with Crippen molar-refractivity contribution in [3.05, 3.63) is 95.3 Å². The highest BCUT2D eigenvalue weighted by molar-refractivity contribution is 6.01. The molecule has 2 aromatic heterocycles. The number of aromatic nitrogens is 3. The van der Waals surface area contributed by atoms with Gasteiger partial charge in [0.15, 0.2) is 0 Å². The number of nitrogens with zero attached hydrogens (tertiary/aromatic N) is 2. The first-order valence-corrected chi connectivity index (χ1v) is 10.9. The number of aryl methyl sites for hydroxylation is 1. The summed E-state index contributed by atoms with van der Waals surface area (Å²) in [7, 11) is 0. The van der Waals surface area contributed by atoms with Crippen LogP contribution in [0.3, 0.4) is 0 Å². The number of aliphatic hydroxyl groups excluding tert-OH is 1. The second-order valence-electron chi connectivity index (χ2n) is 8.05. The van der Waals surface area contributed by atoms with E-state index >= 15 is 0 Å². The van der Waals surface area contributed by atoms with Crippen LogP contribution < -0.4 is 5.32 Å². The van der Waals surface area contributed by atoms with Crippen molar-refractivity contribution in [2.24, 2.45) is 0 Å². The van der Waals surface area contributed by atoms with Crippen LogP contribution in [-0.4, -0.2) is 38.8 Å². The number of aromatic amines is 1. The highest BCUT2D eigenvalue weighted by Gasteiger charge is 2.22. The van der Waals surface area contributed by atoms with Gasteiger partial charge < -0.3 is 10.4 Å². The number of carbonyl (C=O) groups excluding carboxylic acids is 1. The Bertz CT molecular complexity index is 1270. The summed E-state index contributed by atoms with van der Waals surface area (Å²) in [5, 5.41) is 19.4. The summed E-state index contributed by atoms with van der Waals surface area (Å²) in [6.07, 6.45) is 2.50. The molecule has 0 spiro atoms. The molecule has 0 bridgehead atoms. The van der Waals surface area contributed by atoms with Crippen LogP contribution in [0, 0.1) is 18.6 Å². The topological polar surface area (TPSA) is 90.9 Å². The van der Waals surface area contributed by atoms with Gasteiger partial charge in [0, 0.05) is 42.1 Å². The van der Waals surface area contributed by atoms with E-state index in [0.29, 0.717) is 29.8 Å². The Kier molecular flexibility index (Phi) is 7.08. The lowest BCUT2D eigenvalue weighted by atomic mass is 10.0. The molecule has 0 saturated carbocycles. The number of benzene rings is 2. The summed E-state index contributed by atoms with van der Waals surface area (Å²) < 4.78 is 28.1. The molecule has 6 nitrogen and oxygen atoms in total. The summed E-state index contributed by atoms with van der Waals surface area (Å²) >= 11 is 0. The van der Waals surface area contributed by atoms with E-state index in [1.807, 2.05) is 19.1 Å². The van der Waals surface area contributed by atoms with Gasteiger partial charge in [-0.2, -0.15) is 5.10 Å². The quantitative estimate of drug-likeness (QED) is 0.361. The molecule has 0 aliphatic heterocycles. The molecule has 0 aliphatic carbocycles. The Morgan fingerprint density at radius 3 is 2.62 bits per heavy atom. The Labute approximate surface area is 195 Å². The number of pyridine rings is 1. The van der Waals surface area contributed by atoms with E-state index in [9.17, 15) is 18.7 Å². The average molecular weight is 463 g/mol. The molecular weight excluding hydrogens is 438 g/mol. The van der Waals surface area contributed by atoms with Gasteiger partial charge in [0.25, 0.3) is 5.91 Å². The van der Waals surface area contributed by atoms with Gasteiger partial charge in [0.1, 0.15) is 11.6 Å². The molecule has 0 fully saturated rings. The smallest absolute Gasteiger partial charge is 0.252 e. The van der Waals surface area contributed by atoms with Gasteiger partial charge in [0.2, 0.25) is 0 Å². The SMILES string of the molecule is Cc1ccc(C[C@H](CCO)NC(=O)c2cccc(F)c2-c2cc(-c3ccc(F)cc3)n[nH]2)nc1. The van der Waals surface area contributed by atoms with Crippen LogP contribution in [0.1, 0.15) is 28.0 Å². The summed E-state index contributed by atoms with van der Waals surface area (Å²) in [6.45, 7) is 1.82. The van der Waals surface area contributed by atoms with Crippen LogP contribution in [0.25, 0.3) is 22.5 Å². The van der Waals surface area contributed by atoms with Crippen molar-refractivity contribution in [2.75, 3.05) is 6.61 Å². The van der Waals surface area contributed by atoms with E-state index in [1.54, 1.807) is 24.4 Å². The first kappa shape index (κ1) is 23.3. The first-order chi connectivity index (χ1) is 16.4. The summed E-state index contributed by atoms with van der Waals surface area (Å²) in [6, 6.07) is 15.1. The van der Waals surface area contributed by atoms with Crippen LogP contribution in [0.2, 0.25) is 0 Å². The maximum absolute atomic E-state index is 14.9. The molecule has 2 heterocycles. The first-order valence-electron chi connectivity index (χ1n) is 10.9. The molecule has 0 unspecified atom stereocenters. The molecule has 1 amide bonds. The summed E-state index contributed by atoms with van der Waals surface area (Å²) in [4.78, 5) is 17.5. The van der Waals surface area contributed by atoms with Crippen LogP contribution in [0.15, 0.2) is 66.9 Å². The Hall–Kier alpha value is -3.91. The van der Waals surface area contributed by atoms with E-state index in [1.165, 1.54) is 30.3 Å². The predicted octanol–water partition coefficient (Wildman–Crippen LogP) is 4.45. The normalized spacial score (nSPS) is 11.9. The fourth-order valence-corrected chi connectivity index (χ4v) is 3.72. The van der Waals surface area contributed by atoms with Crippen molar-refractivity contribution < 1.29 is 18.7 Å². The van der Waals surface area contributed by atoms with E-state index in [2.05, 4.69) is 20.5 Å². The van der Waals surface area contributed by atoms with Gasteiger partial charge in [-0.05, 0) is 67.4 Å². The molecule has 3 N–H and O–H groups in total. The molecule has 4 aromatic rings. The number of aliphatic hydroxyl groups is 1. The number of hydrogen-bond donors (Lipinski definition) is 3. The number of nitrogens with one attached hydrogen (secondary N) is 2.